The maximum Gasteiger partial charge on any atom is 0.0532 e. The van der Waals surface area contributed by atoms with Crippen LogP contribution >= 0.6 is 0 Å². The number of aryl methyl sites for hydroxylation is 1. The normalized spacial score (nSPS) is 26.0. The molecule has 0 amide bonds. The van der Waals surface area contributed by atoms with E-state index in [2.05, 4.69) is 0 Å². The Bertz CT molecular complexity index is 405. The second-order valence-corrected chi connectivity index (χ2v) is 6.50. The summed E-state index contributed by atoms with van der Waals surface area (Å²) in [4.78, 5) is 0.985. The van der Waals surface area contributed by atoms with Gasteiger partial charge in [0.2, 0.25) is 0 Å². The van der Waals surface area contributed by atoms with E-state index < -0.39 is 10.8 Å². The third-order valence-electron chi connectivity index (χ3n) is 3.73. The molecule has 0 heterocycles. The van der Waals surface area contributed by atoms with Gasteiger partial charge in [-0.2, -0.15) is 0 Å². The molecule has 1 fully saturated rings. The van der Waals surface area contributed by atoms with Crippen LogP contribution in [0.4, 0.5) is 0 Å². The summed E-state index contributed by atoms with van der Waals surface area (Å²) >= 11 is 0. The predicted octanol–water partition coefficient (Wildman–Crippen LogP) is 2.62. The van der Waals surface area contributed by atoms with E-state index >= 15 is 0 Å². The summed E-state index contributed by atoms with van der Waals surface area (Å²) in [5, 5.41) is 0. The Balaban J connectivity index is 1.91. The van der Waals surface area contributed by atoms with Crippen LogP contribution in [0.1, 0.15) is 31.2 Å². The zero-order chi connectivity index (χ0) is 12.3. The Morgan fingerprint density at radius 2 is 2.12 bits per heavy atom. The fourth-order valence-electron chi connectivity index (χ4n) is 2.60. The first-order chi connectivity index (χ1) is 8.18. The van der Waals surface area contributed by atoms with Crippen molar-refractivity contribution in [3.05, 3.63) is 29.8 Å². The summed E-state index contributed by atoms with van der Waals surface area (Å²) < 4.78 is 12.2. The lowest BCUT2D eigenvalue weighted by molar-refractivity contribution is 0.468. The lowest BCUT2D eigenvalue weighted by Crippen LogP contribution is -2.25. The molecule has 2 rings (SSSR count). The van der Waals surface area contributed by atoms with Crippen LogP contribution in [0.5, 0.6) is 0 Å². The summed E-state index contributed by atoms with van der Waals surface area (Å²) in [5.41, 5.74) is 7.16. The van der Waals surface area contributed by atoms with Gasteiger partial charge in [-0.15, -0.1) is 0 Å². The Kier molecular flexibility index (Phi) is 4.35. The minimum atomic E-state index is -0.861. The average molecular weight is 251 g/mol. The highest BCUT2D eigenvalue weighted by Crippen LogP contribution is 2.27. The van der Waals surface area contributed by atoms with E-state index in [1.807, 2.05) is 31.2 Å². The van der Waals surface area contributed by atoms with E-state index in [1.54, 1.807) is 0 Å². The van der Waals surface area contributed by atoms with Gasteiger partial charge < -0.3 is 5.73 Å². The van der Waals surface area contributed by atoms with Gasteiger partial charge in [0.25, 0.3) is 0 Å². The van der Waals surface area contributed by atoms with Gasteiger partial charge in [-0.25, -0.2) is 0 Å². The molecule has 0 saturated heterocycles. The maximum atomic E-state index is 12.2. The van der Waals surface area contributed by atoms with Crippen molar-refractivity contribution < 1.29 is 4.21 Å². The molecule has 2 nitrogen and oxygen atoms in total. The van der Waals surface area contributed by atoms with E-state index in [-0.39, 0.29) is 0 Å². The molecule has 1 aromatic carbocycles. The highest BCUT2D eigenvalue weighted by molar-refractivity contribution is 7.85. The van der Waals surface area contributed by atoms with Gasteiger partial charge in [0.15, 0.2) is 0 Å². The zero-order valence-electron chi connectivity index (χ0n) is 10.4. The Hall–Kier alpha value is -0.670. The lowest BCUT2D eigenvalue weighted by atomic mass is 10.0. The van der Waals surface area contributed by atoms with Crippen molar-refractivity contribution in [2.24, 2.45) is 11.7 Å². The lowest BCUT2D eigenvalue weighted by Gasteiger charge is -2.14. The molecule has 1 aromatic rings. The second kappa shape index (κ2) is 5.78. The van der Waals surface area contributed by atoms with Gasteiger partial charge >= 0.3 is 0 Å². The van der Waals surface area contributed by atoms with Gasteiger partial charge in [-0.3, -0.25) is 4.21 Å². The standard InChI is InChI=1S/C14H21NOS/c1-11-5-2-3-8-14(11)17(16)10-9-12-6-4-7-13(12)15/h2-3,5,8,12-13H,4,6-7,9-10,15H2,1H3. The van der Waals surface area contributed by atoms with E-state index in [0.717, 1.165) is 29.1 Å². The van der Waals surface area contributed by atoms with Crippen molar-refractivity contribution >= 4 is 10.8 Å². The molecule has 94 valence electrons. The molecule has 0 bridgehead atoms. The Morgan fingerprint density at radius 3 is 2.76 bits per heavy atom. The molecule has 0 aromatic heterocycles. The predicted molar refractivity (Wildman–Crippen MR) is 72.4 cm³/mol. The summed E-state index contributed by atoms with van der Waals surface area (Å²) in [6.07, 6.45) is 4.60. The summed E-state index contributed by atoms with van der Waals surface area (Å²) in [7, 11) is -0.861. The highest BCUT2D eigenvalue weighted by Gasteiger charge is 2.24. The SMILES string of the molecule is Cc1ccccc1S(=O)CCC1CCCC1N. The van der Waals surface area contributed by atoms with E-state index in [9.17, 15) is 4.21 Å². The van der Waals surface area contributed by atoms with E-state index in [4.69, 9.17) is 5.73 Å². The van der Waals surface area contributed by atoms with Crippen molar-refractivity contribution in [1.82, 2.24) is 0 Å². The average Bonchev–Trinajstić information content (AvgIpc) is 2.72. The smallest absolute Gasteiger partial charge is 0.0532 e. The van der Waals surface area contributed by atoms with Crippen LogP contribution < -0.4 is 5.73 Å². The second-order valence-electron chi connectivity index (χ2n) is 4.96. The van der Waals surface area contributed by atoms with Crippen LogP contribution in [0.15, 0.2) is 29.2 Å². The highest BCUT2D eigenvalue weighted by atomic mass is 32.2. The first-order valence-electron chi connectivity index (χ1n) is 6.38. The first-order valence-corrected chi connectivity index (χ1v) is 7.70. The van der Waals surface area contributed by atoms with Crippen molar-refractivity contribution in [3.63, 3.8) is 0 Å². The first kappa shape index (κ1) is 12.8. The minimum Gasteiger partial charge on any atom is -0.327 e. The Labute approximate surface area is 106 Å². The number of nitrogens with two attached hydrogens (primary N) is 1. The van der Waals surface area contributed by atoms with Gasteiger partial charge in [0, 0.05) is 16.7 Å². The molecule has 1 aliphatic rings. The van der Waals surface area contributed by atoms with Crippen molar-refractivity contribution in [2.45, 2.75) is 43.5 Å². The number of hydrogen-bond donors (Lipinski definition) is 1. The molecular weight excluding hydrogens is 230 g/mol. The fraction of sp³-hybridized carbons (Fsp3) is 0.571. The van der Waals surface area contributed by atoms with E-state index in [1.165, 1.54) is 12.8 Å². The number of rotatable bonds is 4. The Morgan fingerprint density at radius 1 is 1.35 bits per heavy atom. The van der Waals surface area contributed by atoms with Gasteiger partial charge in [0.05, 0.1) is 10.8 Å². The molecule has 3 heteroatoms. The third kappa shape index (κ3) is 3.17. The van der Waals surface area contributed by atoms with Crippen LogP contribution in [-0.2, 0) is 10.8 Å². The van der Waals surface area contributed by atoms with Crippen LogP contribution in [0.25, 0.3) is 0 Å². The van der Waals surface area contributed by atoms with Crippen LogP contribution in [0.2, 0.25) is 0 Å². The molecule has 3 atom stereocenters. The number of hydrogen-bond acceptors (Lipinski definition) is 2. The molecule has 17 heavy (non-hydrogen) atoms. The van der Waals surface area contributed by atoms with Crippen molar-refractivity contribution in [1.29, 1.82) is 0 Å². The van der Waals surface area contributed by atoms with E-state index in [0.29, 0.717) is 12.0 Å². The summed E-state index contributed by atoms with van der Waals surface area (Å²) in [6.45, 7) is 2.02. The summed E-state index contributed by atoms with van der Waals surface area (Å²) in [5.74, 6) is 1.34. The molecular formula is C14H21NOS. The van der Waals surface area contributed by atoms with Crippen LogP contribution in [-0.4, -0.2) is 16.0 Å². The molecule has 3 unspecified atom stereocenters. The maximum absolute atomic E-state index is 12.2. The van der Waals surface area contributed by atoms with Crippen LogP contribution in [0.3, 0.4) is 0 Å². The largest absolute Gasteiger partial charge is 0.327 e. The third-order valence-corrected chi connectivity index (χ3v) is 5.29. The fourth-order valence-corrected chi connectivity index (χ4v) is 4.00. The molecule has 0 radical (unpaired) electrons. The molecule has 0 aliphatic heterocycles. The minimum absolute atomic E-state index is 0.337. The molecule has 1 aliphatic carbocycles. The zero-order valence-corrected chi connectivity index (χ0v) is 11.2. The monoisotopic (exact) mass is 251 g/mol. The topological polar surface area (TPSA) is 43.1 Å². The van der Waals surface area contributed by atoms with Crippen LogP contribution in [0, 0.1) is 12.8 Å². The number of benzene rings is 1. The van der Waals surface area contributed by atoms with Crippen molar-refractivity contribution in [3.8, 4) is 0 Å². The van der Waals surface area contributed by atoms with Crippen molar-refractivity contribution in [2.75, 3.05) is 5.75 Å². The van der Waals surface area contributed by atoms with Gasteiger partial charge in [0.1, 0.15) is 0 Å². The quantitative estimate of drug-likeness (QED) is 0.894. The van der Waals surface area contributed by atoms with Gasteiger partial charge in [-0.05, 0) is 43.7 Å². The molecule has 0 spiro atoms. The molecule has 1 saturated carbocycles. The summed E-state index contributed by atoms with van der Waals surface area (Å²) in [6, 6.07) is 8.28. The molecule has 2 N–H and O–H groups in total. The van der Waals surface area contributed by atoms with Gasteiger partial charge in [-0.1, -0.05) is 24.6 Å².